The Bertz CT molecular complexity index is 1240. The first-order valence-electron chi connectivity index (χ1n) is 12.8. The number of methoxy groups -OCH3 is 1. The highest BCUT2D eigenvalue weighted by molar-refractivity contribution is 7.19. The first-order chi connectivity index (χ1) is 17.5. The molecule has 1 amide bonds. The number of rotatable bonds is 8. The SMILES string of the molecule is CCNc1ncc(-c2nn(C3CCN(CCOC)CC3)c3c2CCc2nc(NC(C)=O)sc2-3)cc1C. The van der Waals surface area contributed by atoms with E-state index in [1.54, 1.807) is 18.4 Å². The number of nitrogens with zero attached hydrogens (tertiary/aromatic N) is 5. The molecule has 4 heterocycles. The van der Waals surface area contributed by atoms with Crippen LogP contribution in [0.5, 0.6) is 0 Å². The molecule has 5 rings (SSSR count). The predicted molar refractivity (Wildman–Crippen MR) is 144 cm³/mol. The number of thiazole rings is 1. The molecule has 1 fully saturated rings. The summed E-state index contributed by atoms with van der Waals surface area (Å²) < 4.78 is 7.54. The van der Waals surface area contributed by atoms with E-state index in [0.717, 1.165) is 91.7 Å². The number of aromatic nitrogens is 4. The van der Waals surface area contributed by atoms with Crippen molar-refractivity contribution in [1.29, 1.82) is 0 Å². The molecule has 0 spiro atoms. The fourth-order valence-electron chi connectivity index (χ4n) is 5.26. The number of carbonyl (C=O) groups is 1. The van der Waals surface area contributed by atoms with E-state index in [9.17, 15) is 4.79 Å². The van der Waals surface area contributed by atoms with Crippen molar-refractivity contribution in [3.63, 3.8) is 0 Å². The van der Waals surface area contributed by atoms with E-state index in [4.69, 9.17) is 19.8 Å². The average molecular weight is 510 g/mol. The highest BCUT2D eigenvalue weighted by atomic mass is 32.1. The van der Waals surface area contributed by atoms with Crippen LogP contribution in [-0.4, -0.2) is 70.5 Å². The number of likely N-dealkylation sites (tertiary alicyclic amines) is 1. The molecule has 3 aromatic rings. The lowest BCUT2D eigenvalue weighted by Crippen LogP contribution is -2.37. The Balaban J connectivity index is 1.55. The van der Waals surface area contributed by atoms with Gasteiger partial charge >= 0.3 is 0 Å². The molecule has 0 saturated carbocycles. The number of pyridine rings is 1. The maximum Gasteiger partial charge on any atom is 0.223 e. The van der Waals surface area contributed by atoms with Crippen LogP contribution in [0.1, 0.15) is 49.6 Å². The molecule has 9 nitrogen and oxygen atoms in total. The monoisotopic (exact) mass is 509 g/mol. The van der Waals surface area contributed by atoms with Crippen LogP contribution in [0.4, 0.5) is 10.9 Å². The number of aryl methyl sites for hydroxylation is 2. The third-order valence-electron chi connectivity index (χ3n) is 7.03. The Hall–Kier alpha value is -2.82. The predicted octanol–water partition coefficient (Wildman–Crippen LogP) is 4.15. The highest BCUT2D eigenvalue weighted by Gasteiger charge is 2.33. The summed E-state index contributed by atoms with van der Waals surface area (Å²) in [5.41, 5.74) is 6.68. The first kappa shape index (κ1) is 24.9. The van der Waals surface area contributed by atoms with Gasteiger partial charge in [-0.05, 0) is 51.2 Å². The van der Waals surface area contributed by atoms with Gasteiger partial charge in [-0.1, -0.05) is 11.3 Å². The van der Waals surface area contributed by atoms with Gasteiger partial charge in [-0.3, -0.25) is 9.48 Å². The first-order valence-corrected chi connectivity index (χ1v) is 13.6. The van der Waals surface area contributed by atoms with Gasteiger partial charge in [-0.2, -0.15) is 5.10 Å². The minimum absolute atomic E-state index is 0.0960. The molecular formula is C26H35N7O2S. The summed E-state index contributed by atoms with van der Waals surface area (Å²) in [7, 11) is 1.76. The summed E-state index contributed by atoms with van der Waals surface area (Å²) in [6.07, 6.45) is 5.74. The minimum atomic E-state index is -0.0960. The zero-order chi connectivity index (χ0) is 25.2. The molecule has 1 aliphatic heterocycles. The molecule has 1 aliphatic carbocycles. The molecule has 3 aromatic heterocycles. The lowest BCUT2D eigenvalue weighted by Gasteiger charge is -2.32. The Labute approximate surface area is 216 Å². The van der Waals surface area contributed by atoms with Crippen LogP contribution in [0, 0.1) is 6.92 Å². The molecular weight excluding hydrogens is 474 g/mol. The summed E-state index contributed by atoms with van der Waals surface area (Å²) in [4.78, 5) is 24.8. The Morgan fingerprint density at radius 1 is 1.28 bits per heavy atom. The summed E-state index contributed by atoms with van der Waals surface area (Å²) in [6, 6.07) is 2.51. The van der Waals surface area contributed by atoms with Gasteiger partial charge in [0, 0.05) is 57.5 Å². The van der Waals surface area contributed by atoms with Crippen LogP contribution < -0.4 is 10.6 Å². The standard InChI is InChI=1S/C26H35N7O2S/c1-5-27-25-16(2)14-18(15-28-25)22-20-6-7-21-24(36-26(30-21)29-17(3)34)23(20)33(31-22)19-8-10-32(11-9-19)12-13-35-4/h14-15,19H,5-13H2,1-4H3,(H,27,28)(H,29,30,34). The van der Waals surface area contributed by atoms with E-state index in [-0.39, 0.29) is 5.91 Å². The van der Waals surface area contributed by atoms with Crippen LogP contribution in [0.2, 0.25) is 0 Å². The van der Waals surface area contributed by atoms with E-state index in [2.05, 4.69) is 40.1 Å². The molecule has 0 atom stereocenters. The summed E-state index contributed by atoms with van der Waals surface area (Å²) in [5, 5.41) is 12.1. The van der Waals surface area contributed by atoms with E-state index in [0.29, 0.717) is 11.2 Å². The number of nitrogens with one attached hydrogen (secondary N) is 2. The van der Waals surface area contributed by atoms with Crippen LogP contribution in [0.25, 0.3) is 21.8 Å². The highest BCUT2D eigenvalue weighted by Crippen LogP contribution is 2.45. The molecule has 1 saturated heterocycles. The number of ether oxygens (including phenoxy) is 1. The second-order valence-corrected chi connectivity index (χ2v) is 10.6. The van der Waals surface area contributed by atoms with Crippen LogP contribution in [0.15, 0.2) is 12.3 Å². The molecule has 2 N–H and O–H groups in total. The Morgan fingerprint density at radius 2 is 2.08 bits per heavy atom. The quantitative estimate of drug-likeness (QED) is 0.471. The Kier molecular flexibility index (Phi) is 7.36. The third-order valence-corrected chi connectivity index (χ3v) is 8.05. The van der Waals surface area contributed by atoms with Crippen molar-refractivity contribution >= 4 is 28.2 Å². The van der Waals surface area contributed by atoms with Crippen molar-refractivity contribution < 1.29 is 9.53 Å². The lowest BCUT2D eigenvalue weighted by molar-refractivity contribution is -0.114. The number of hydrogen-bond donors (Lipinski definition) is 2. The van der Waals surface area contributed by atoms with Crippen LogP contribution in [0.3, 0.4) is 0 Å². The van der Waals surface area contributed by atoms with E-state index >= 15 is 0 Å². The summed E-state index contributed by atoms with van der Waals surface area (Å²) in [5.74, 6) is 0.823. The van der Waals surface area contributed by atoms with Crippen molar-refractivity contribution in [3.05, 3.63) is 29.1 Å². The fourth-order valence-corrected chi connectivity index (χ4v) is 6.38. The van der Waals surface area contributed by atoms with Crippen LogP contribution in [-0.2, 0) is 22.4 Å². The molecule has 0 unspecified atom stereocenters. The van der Waals surface area contributed by atoms with Gasteiger partial charge in [-0.15, -0.1) is 0 Å². The third kappa shape index (κ3) is 4.89. The average Bonchev–Trinajstić information content (AvgIpc) is 3.45. The van der Waals surface area contributed by atoms with E-state index < -0.39 is 0 Å². The molecule has 192 valence electrons. The summed E-state index contributed by atoms with van der Waals surface area (Å²) >= 11 is 1.56. The molecule has 0 bridgehead atoms. The molecule has 2 aliphatic rings. The zero-order valence-electron chi connectivity index (χ0n) is 21.6. The smallest absolute Gasteiger partial charge is 0.223 e. The van der Waals surface area contributed by atoms with Crippen LogP contribution >= 0.6 is 11.3 Å². The number of fused-ring (bicyclic) bond motifs is 3. The van der Waals surface area contributed by atoms with Crippen molar-refractivity contribution in [3.8, 4) is 21.8 Å². The number of carbonyl (C=O) groups excluding carboxylic acids is 1. The van der Waals surface area contributed by atoms with Gasteiger partial charge in [0.15, 0.2) is 5.13 Å². The van der Waals surface area contributed by atoms with Gasteiger partial charge in [-0.25, -0.2) is 9.97 Å². The largest absolute Gasteiger partial charge is 0.383 e. The number of anilines is 2. The van der Waals surface area contributed by atoms with Gasteiger partial charge in [0.05, 0.1) is 34.6 Å². The van der Waals surface area contributed by atoms with Crippen molar-refractivity contribution in [2.45, 2.75) is 52.5 Å². The second kappa shape index (κ2) is 10.7. The zero-order valence-corrected chi connectivity index (χ0v) is 22.4. The Morgan fingerprint density at radius 3 is 2.78 bits per heavy atom. The number of hydrogen-bond acceptors (Lipinski definition) is 8. The lowest BCUT2D eigenvalue weighted by atomic mass is 9.94. The fraction of sp³-hybridized carbons (Fsp3) is 0.538. The number of piperidine rings is 1. The summed E-state index contributed by atoms with van der Waals surface area (Å²) in [6.45, 7) is 10.3. The maximum absolute atomic E-state index is 11.7. The topological polar surface area (TPSA) is 97.2 Å². The van der Waals surface area contributed by atoms with Gasteiger partial charge in [0.2, 0.25) is 5.91 Å². The molecule has 0 radical (unpaired) electrons. The van der Waals surface area contributed by atoms with Gasteiger partial charge in [0.25, 0.3) is 0 Å². The van der Waals surface area contributed by atoms with Gasteiger partial charge in [0.1, 0.15) is 5.82 Å². The number of amides is 1. The maximum atomic E-state index is 11.7. The van der Waals surface area contributed by atoms with E-state index in [1.807, 2.05) is 6.20 Å². The normalized spacial score (nSPS) is 16.0. The molecule has 36 heavy (non-hydrogen) atoms. The van der Waals surface area contributed by atoms with Crippen molar-refractivity contribution in [2.75, 3.05) is 50.5 Å². The molecule has 0 aromatic carbocycles. The second-order valence-electron chi connectivity index (χ2n) is 9.58. The van der Waals surface area contributed by atoms with Crippen molar-refractivity contribution in [1.82, 2.24) is 24.6 Å². The minimum Gasteiger partial charge on any atom is -0.383 e. The van der Waals surface area contributed by atoms with E-state index in [1.165, 1.54) is 18.2 Å². The van der Waals surface area contributed by atoms with Gasteiger partial charge < -0.3 is 20.3 Å². The molecule has 10 heteroatoms. The van der Waals surface area contributed by atoms with Crippen molar-refractivity contribution in [2.24, 2.45) is 0 Å².